The van der Waals surface area contributed by atoms with Crippen LogP contribution in [0.1, 0.15) is 5.56 Å². The van der Waals surface area contributed by atoms with Gasteiger partial charge in [0.1, 0.15) is 9.23 Å². The summed E-state index contributed by atoms with van der Waals surface area (Å²) < 4.78 is 0.622. The van der Waals surface area contributed by atoms with Crippen LogP contribution in [0.4, 0.5) is 5.69 Å². The summed E-state index contributed by atoms with van der Waals surface area (Å²) in [4.78, 5) is 18.6. The number of benzene rings is 2. The molecule has 0 radical (unpaired) electrons. The van der Waals surface area contributed by atoms with Crippen LogP contribution in [0.2, 0.25) is 0 Å². The van der Waals surface area contributed by atoms with E-state index in [-0.39, 0.29) is 5.91 Å². The summed E-state index contributed by atoms with van der Waals surface area (Å²) in [5, 5.41) is 0.962. The van der Waals surface area contributed by atoms with Crippen molar-refractivity contribution in [3.05, 3.63) is 70.1 Å². The van der Waals surface area contributed by atoms with Crippen molar-refractivity contribution >= 4 is 51.7 Å². The molecule has 2 aliphatic heterocycles. The van der Waals surface area contributed by atoms with Gasteiger partial charge in [0.25, 0.3) is 5.91 Å². The fourth-order valence-corrected chi connectivity index (χ4v) is 5.31. The van der Waals surface area contributed by atoms with E-state index in [9.17, 15) is 4.79 Å². The second-order valence-corrected chi connectivity index (χ2v) is 8.18. The maximum Gasteiger partial charge on any atom is 0.269 e. The third-order valence-electron chi connectivity index (χ3n) is 3.96. The summed E-state index contributed by atoms with van der Waals surface area (Å²) in [5.74, 6) is -0.00370. The van der Waals surface area contributed by atoms with Gasteiger partial charge in [-0.2, -0.15) is 0 Å². The van der Waals surface area contributed by atoms with E-state index in [1.165, 1.54) is 16.7 Å². The predicted molar refractivity (Wildman–Crippen MR) is 105 cm³/mol. The number of hydrogen-bond acceptors (Lipinski definition) is 5. The Kier molecular flexibility index (Phi) is 4.12. The molecule has 4 rings (SSSR count). The van der Waals surface area contributed by atoms with Crippen LogP contribution in [0, 0.1) is 0 Å². The molecule has 2 heterocycles. The average Bonchev–Trinajstić information content (AvgIpc) is 3.08. The fourth-order valence-electron chi connectivity index (χ4n) is 2.73. The van der Waals surface area contributed by atoms with Crippen LogP contribution in [0.5, 0.6) is 0 Å². The Morgan fingerprint density at radius 2 is 1.71 bits per heavy atom. The van der Waals surface area contributed by atoms with Crippen molar-refractivity contribution in [2.75, 3.05) is 11.9 Å². The van der Waals surface area contributed by atoms with Gasteiger partial charge in [0.15, 0.2) is 0 Å². The van der Waals surface area contributed by atoms with Crippen molar-refractivity contribution in [3.8, 4) is 0 Å². The minimum absolute atomic E-state index is 0.00370. The SMILES string of the molecule is CN1/C(=C2/SC(=S)N(Cc3ccccc3)C2=O)Sc2ccccc21. The molecule has 2 aromatic rings. The van der Waals surface area contributed by atoms with E-state index in [1.54, 1.807) is 16.7 Å². The maximum absolute atomic E-state index is 12.9. The molecule has 0 saturated carbocycles. The molecule has 0 atom stereocenters. The van der Waals surface area contributed by atoms with Crippen molar-refractivity contribution in [2.24, 2.45) is 0 Å². The number of carbonyl (C=O) groups excluding carboxylic acids is 1. The Labute approximate surface area is 154 Å². The lowest BCUT2D eigenvalue weighted by molar-refractivity contribution is -0.122. The zero-order chi connectivity index (χ0) is 16.7. The van der Waals surface area contributed by atoms with Crippen LogP contribution >= 0.6 is 35.7 Å². The highest BCUT2D eigenvalue weighted by Crippen LogP contribution is 2.49. The van der Waals surface area contributed by atoms with Crippen molar-refractivity contribution in [1.29, 1.82) is 0 Å². The third kappa shape index (κ3) is 2.64. The van der Waals surface area contributed by atoms with E-state index in [4.69, 9.17) is 12.2 Å². The van der Waals surface area contributed by atoms with Gasteiger partial charge >= 0.3 is 0 Å². The van der Waals surface area contributed by atoms with Crippen molar-refractivity contribution in [3.63, 3.8) is 0 Å². The van der Waals surface area contributed by atoms with E-state index in [0.717, 1.165) is 21.2 Å². The molecule has 0 aliphatic carbocycles. The number of amides is 1. The molecule has 0 bridgehead atoms. The Morgan fingerprint density at radius 1 is 1.00 bits per heavy atom. The van der Waals surface area contributed by atoms with Crippen LogP contribution < -0.4 is 4.90 Å². The summed E-state index contributed by atoms with van der Waals surface area (Å²) >= 11 is 8.49. The normalized spacial score (nSPS) is 20.0. The topological polar surface area (TPSA) is 23.6 Å². The maximum atomic E-state index is 12.9. The highest BCUT2D eigenvalue weighted by molar-refractivity contribution is 8.27. The van der Waals surface area contributed by atoms with Crippen LogP contribution in [-0.4, -0.2) is 22.2 Å². The second-order valence-electron chi connectivity index (χ2n) is 5.51. The van der Waals surface area contributed by atoms with Crippen LogP contribution in [0.3, 0.4) is 0 Å². The lowest BCUT2D eigenvalue weighted by Crippen LogP contribution is -2.28. The highest BCUT2D eigenvalue weighted by Gasteiger charge is 2.38. The summed E-state index contributed by atoms with van der Waals surface area (Å²) in [6.07, 6.45) is 0. The smallest absolute Gasteiger partial charge is 0.269 e. The first-order valence-electron chi connectivity index (χ1n) is 7.47. The lowest BCUT2D eigenvalue weighted by Gasteiger charge is -2.16. The summed E-state index contributed by atoms with van der Waals surface area (Å²) in [6.45, 7) is 0.517. The molecule has 2 aromatic carbocycles. The first kappa shape index (κ1) is 15.7. The molecule has 120 valence electrons. The molecule has 0 unspecified atom stereocenters. The van der Waals surface area contributed by atoms with Crippen LogP contribution in [0.15, 0.2) is 69.4 Å². The van der Waals surface area contributed by atoms with Gasteiger partial charge in [-0.05, 0) is 17.7 Å². The van der Waals surface area contributed by atoms with Gasteiger partial charge in [-0.15, -0.1) is 0 Å². The second kappa shape index (κ2) is 6.27. The van der Waals surface area contributed by atoms with Gasteiger partial charge < -0.3 is 4.90 Å². The number of rotatable bonds is 2. The average molecular weight is 371 g/mol. The first-order chi connectivity index (χ1) is 11.6. The summed E-state index contributed by atoms with van der Waals surface area (Å²) in [7, 11) is 2.00. The van der Waals surface area contributed by atoms with E-state index in [2.05, 4.69) is 17.0 Å². The molecular formula is C18H14N2OS3. The molecule has 0 aromatic heterocycles. The number of thioether (sulfide) groups is 2. The van der Waals surface area contributed by atoms with Crippen LogP contribution in [0.25, 0.3) is 0 Å². The Hall–Kier alpha value is -1.76. The Bertz CT molecular complexity index is 864. The minimum atomic E-state index is -0.00370. The predicted octanol–water partition coefficient (Wildman–Crippen LogP) is 4.46. The standard InChI is InChI=1S/C18H14N2OS3/c1-19-13-9-5-6-10-14(13)23-17(19)15-16(21)20(18(22)24-15)11-12-7-3-2-4-8-12/h2-10H,11H2,1H3/b17-15-. The fraction of sp³-hybridized carbons (Fsp3) is 0.111. The number of fused-ring (bicyclic) bond motifs is 1. The zero-order valence-corrected chi connectivity index (χ0v) is 15.4. The number of nitrogens with zero attached hydrogens (tertiary/aromatic N) is 2. The molecule has 0 N–H and O–H groups in total. The molecule has 24 heavy (non-hydrogen) atoms. The largest absolute Gasteiger partial charge is 0.337 e. The number of carbonyl (C=O) groups is 1. The lowest BCUT2D eigenvalue weighted by atomic mass is 10.2. The Balaban J connectivity index is 1.65. The van der Waals surface area contributed by atoms with Gasteiger partial charge in [-0.3, -0.25) is 9.69 Å². The van der Waals surface area contributed by atoms with Gasteiger partial charge in [0.2, 0.25) is 0 Å². The van der Waals surface area contributed by atoms with Crippen molar-refractivity contribution in [2.45, 2.75) is 11.4 Å². The number of para-hydroxylation sites is 1. The van der Waals surface area contributed by atoms with Crippen LogP contribution in [-0.2, 0) is 11.3 Å². The van der Waals surface area contributed by atoms with Crippen molar-refractivity contribution < 1.29 is 4.79 Å². The summed E-state index contributed by atoms with van der Waals surface area (Å²) in [6, 6.07) is 18.1. The number of hydrogen-bond donors (Lipinski definition) is 0. The molecule has 1 amide bonds. The summed E-state index contributed by atoms with van der Waals surface area (Å²) in [5.41, 5.74) is 2.21. The molecule has 0 spiro atoms. The molecule has 2 aliphatic rings. The molecule has 1 fully saturated rings. The van der Waals surface area contributed by atoms with E-state index < -0.39 is 0 Å². The van der Waals surface area contributed by atoms with Gasteiger partial charge in [-0.25, -0.2) is 0 Å². The van der Waals surface area contributed by atoms with Gasteiger partial charge in [-0.1, -0.05) is 78.2 Å². The number of anilines is 1. The molecule has 6 heteroatoms. The first-order valence-corrected chi connectivity index (χ1v) is 9.52. The van der Waals surface area contributed by atoms with Gasteiger partial charge in [0, 0.05) is 11.9 Å². The van der Waals surface area contributed by atoms with E-state index in [1.807, 2.05) is 49.5 Å². The zero-order valence-electron chi connectivity index (χ0n) is 12.9. The monoisotopic (exact) mass is 370 g/mol. The Morgan fingerprint density at radius 3 is 2.46 bits per heavy atom. The number of thiocarbonyl (C=S) groups is 1. The van der Waals surface area contributed by atoms with E-state index >= 15 is 0 Å². The molecular weight excluding hydrogens is 356 g/mol. The third-order valence-corrected chi connectivity index (χ3v) is 6.77. The molecule has 1 saturated heterocycles. The van der Waals surface area contributed by atoms with E-state index in [0.29, 0.717) is 10.9 Å². The minimum Gasteiger partial charge on any atom is -0.337 e. The van der Waals surface area contributed by atoms with Crippen molar-refractivity contribution in [1.82, 2.24) is 4.90 Å². The molecule has 3 nitrogen and oxygen atoms in total. The van der Waals surface area contributed by atoms with Gasteiger partial charge in [0.05, 0.1) is 17.3 Å². The quantitative estimate of drug-likeness (QED) is 0.574. The highest BCUT2D eigenvalue weighted by atomic mass is 32.2.